The van der Waals surface area contributed by atoms with Gasteiger partial charge in [0.15, 0.2) is 0 Å². The Bertz CT molecular complexity index is 1120. The lowest BCUT2D eigenvalue weighted by atomic mass is 10.1. The summed E-state index contributed by atoms with van der Waals surface area (Å²) in [7, 11) is -3.89. The molecule has 3 N–H and O–H groups in total. The van der Waals surface area contributed by atoms with Gasteiger partial charge in [0, 0.05) is 43.0 Å². The van der Waals surface area contributed by atoms with Gasteiger partial charge in [0.05, 0.1) is 10.9 Å². The molecule has 2 aromatic carbocycles. The maximum absolute atomic E-state index is 12.6. The Morgan fingerprint density at radius 3 is 2.55 bits per heavy atom. The minimum atomic E-state index is -3.89. The smallest absolute Gasteiger partial charge is 0.241 e. The van der Waals surface area contributed by atoms with E-state index in [9.17, 15) is 18.0 Å². The second-order valence-electron chi connectivity index (χ2n) is 8.33. The van der Waals surface area contributed by atoms with Crippen LogP contribution in [-0.4, -0.2) is 45.9 Å². The fourth-order valence-corrected chi connectivity index (χ4v) is 5.18. The van der Waals surface area contributed by atoms with Crippen LogP contribution in [-0.2, 0) is 19.6 Å². The monoisotopic (exact) mass is 492 g/mol. The molecular formula is C23H29ClN4O4S. The van der Waals surface area contributed by atoms with Gasteiger partial charge in [-0.15, -0.1) is 0 Å². The largest absolute Gasteiger partial charge is 0.371 e. The molecule has 0 aromatic heterocycles. The molecule has 0 saturated carbocycles. The van der Waals surface area contributed by atoms with E-state index in [1.807, 2.05) is 25.1 Å². The highest BCUT2D eigenvalue weighted by molar-refractivity contribution is 7.89. The summed E-state index contributed by atoms with van der Waals surface area (Å²) in [5.74, 6) is -0.370. The molecule has 33 heavy (non-hydrogen) atoms. The third-order valence-electron chi connectivity index (χ3n) is 5.57. The van der Waals surface area contributed by atoms with E-state index in [0.29, 0.717) is 17.3 Å². The van der Waals surface area contributed by atoms with Crippen LogP contribution >= 0.6 is 11.6 Å². The summed E-state index contributed by atoms with van der Waals surface area (Å²) < 4.78 is 27.6. The zero-order chi connectivity index (χ0) is 24.2. The average Bonchev–Trinajstić information content (AvgIpc) is 3.22. The summed E-state index contributed by atoms with van der Waals surface area (Å²) in [4.78, 5) is 25.9. The lowest BCUT2D eigenvalue weighted by molar-refractivity contribution is -0.122. The molecule has 1 aliphatic heterocycles. The van der Waals surface area contributed by atoms with Crippen molar-refractivity contribution in [3.05, 3.63) is 53.1 Å². The second kappa shape index (κ2) is 10.5. The van der Waals surface area contributed by atoms with Crippen molar-refractivity contribution < 1.29 is 18.0 Å². The third kappa shape index (κ3) is 6.69. The Labute approximate surface area is 199 Å². The molecule has 178 valence electrons. The van der Waals surface area contributed by atoms with E-state index < -0.39 is 16.1 Å². The molecule has 2 atom stereocenters. The molecular weight excluding hydrogens is 464 g/mol. The van der Waals surface area contributed by atoms with Gasteiger partial charge in [0.25, 0.3) is 0 Å². The molecule has 2 amide bonds. The summed E-state index contributed by atoms with van der Waals surface area (Å²) >= 11 is 6.14. The van der Waals surface area contributed by atoms with E-state index in [-0.39, 0.29) is 22.6 Å². The lowest BCUT2D eigenvalue weighted by Crippen LogP contribution is -2.46. The number of amides is 2. The Balaban J connectivity index is 1.51. The first-order valence-corrected chi connectivity index (χ1v) is 12.6. The quantitative estimate of drug-likeness (QED) is 0.525. The van der Waals surface area contributed by atoms with Gasteiger partial charge in [-0.05, 0) is 68.1 Å². The normalized spacial score (nSPS) is 17.0. The van der Waals surface area contributed by atoms with Crippen molar-refractivity contribution in [2.24, 2.45) is 5.92 Å². The topological polar surface area (TPSA) is 108 Å². The Hall–Kier alpha value is -2.62. The van der Waals surface area contributed by atoms with Gasteiger partial charge < -0.3 is 15.5 Å². The van der Waals surface area contributed by atoms with E-state index >= 15 is 0 Å². The van der Waals surface area contributed by atoms with E-state index in [2.05, 4.69) is 20.3 Å². The van der Waals surface area contributed by atoms with E-state index in [1.54, 1.807) is 0 Å². The molecule has 2 aromatic rings. The fourth-order valence-electron chi connectivity index (χ4n) is 3.81. The molecule has 0 aliphatic carbocycles. The number of hydrogen-bond acceptors (Lipinski definition) is 5. The summed E-state index contributed by atoms with van der Waals surface area (Å²) in [6.45, 7) is 7.05. The van der Waals surface area contributed by atoms with Crippen LogP contribution in [0.1, 0.15) is 25.8 Å². The first-order valence-electron chi connectivity index (χ1n) is 10.7. The van der Waals surface area contributed by atoms with Gasteiger partial charge in [-0.3, -0.25) is 9.59 Å². The Kier molecular flexibility index (Phi) is 7.99. The maximum atomic E-state index is 12.6. The summed E-state index contributed by atoms with van der Waals surface area (Å²) in [6.07, 6.45) is 0.924. The summed E-state index contributed by atoms with van der Waals surface area (Å²) in [5.41, 5.74) is 2.74. The molecule has 0 radical (unpaired) electrons. The lowest BCUT2D eigenvalue weighted by Gasteiger charge is -2.21. The minimum Gasteiger partial charge on any atom is -0.371 e. The minimum absolute atomic E-state index is 0.0135. The number of halogens is 1. The highest BCUT2D eigenvalue weighted by Gasteiger charge is 2.26. The predicted molar refractivity (Wildman–Crippen MR) is 130 cm³/mol. The first-order chi connectivity index (χ1) is 15.5. The third-order valence-corrected chi connectivity index (χ3v) is 7.36. The summed E-state index contributed by atoms with van der Waals surface area (Å²) in [5, 5.41) is 6.13. The molecule has 1 heterocycles. The molecule has 1 aliphatic rings. The van der Waals surface area contributed by atoms with Gasteiger partial charge in [-0.1, -0.05) is 17.7 Å². The van der Waals surface area contributed by atoms with E-state index in [0.717, 1.165) is 30.8 Å². The van der Waals surface area contributed by atoms with Crippen molar-refractivity contribution in [1.82, 2.24) is 10.0 Å². The number of sulfonamides is 1. The number of rotatable bonds is 8. The number of aryl methyl sites for hydroxylation is 1. The number of hydrogen-bond donors (Lipinski definition) is 3. The average molecular weight is 493 g/mol. The van der Waals surface area contributed by atoms with Crippen molar-refractivity contribution in [1.29, 1.82) is 0 Å². The number of anilines is 2. The van der Waals surface area contributed by atoms with Crippen LogP contribution in [0.2, 0.25) is 5.02 Å². The van der Waals surface area contributed by atoms with Crippen molar-refractivity contribution in [2.75, 3.05) is 29.9 Å². The number of carbonyl (C=O) groups excluding carboxylic acids is 2. The second-order valence-corrected chi connectivity index (χ2v) is 10.5. The molecule has 1 unspecified atom stereocenters. The van der Waals surface area contributed by atoms with Crippen LogP contribution in [0, 0.1) is 12.8 Å². The van der Waals surface area contributed by atoms with Crippen molar-refractivity contribution >= 4 is 44.8 Å². The zero-order valence-electron chi connectivity index (χ0n) is 18.9. The maximum Gasteiger partial charge on any atom is 0.241 e. The van der Waals surface area contributed by atoms with Crippen molar-refractivity contribution in [2.45, 2.75) is 38.1 Å². The Morgan fingerprint density at radius 2 is 1.88 bits per heavy atom. The number of carbonyl (C=O) groups is 2. The standard InChI is InChI=1S/C23H29ClN4O4S/c1-15-4-5-19(24)12-22(15)28-11-10-18(14-28)13-25-23(30)16(2)27-33(31,32)21-8-6-20(7-9-21)26-17(3)29/h4-9,12,16,18,27H,10-11,13-14H2,1-3H3,(H,25,30)(H,26,29)/t16-,18?/m0/s1. The predicted octanol–water partition coefficient (Wildman–Crippen LogP) is 2.92. The van der Waals surface area contributed by atoms with Crippen LogP contribution in [0.15, 0.2) is 47.4 Å². The van der Waals surface area contributed by atoms with Crippen molar-refractivity contribution in [3.63, 3.8) is 0 Å². The molecule has 10 heteroatoms. The van der Waals surface area contributed by atoms with Crippen molar-refractivity contribution in [3.8, 4) is 0 Å². The van der Waals surface area contributed by atoms with Crippen LogP contribution in [0.25, 0.3) is 0 Å². The molecule has 1 fully saturated rings. The number of nitrogens with zero attached hydrogens (tertiary/aromatic N) is 1. The summed E-state index contributed by atoms with van der Waals surface area (Å²) in [6, 6.07) is 10.6. The highest BCUT2D eigenvalue weighted by atomic mass is 35.5. The van der Waals surface area contributed by atoms with Gasteiger partial charge in [-0.25, -0.2) is 8.42 Å². The Morgan fingerprint density at radius 1 is 1.18 bits per heavy atom. The molecule has 0 bridgehead atoms. The van der Waals surface area contributed by atoms with Gasteiger partial charge in [0.1, 0.15) is 0 Å². The molecule has 1 saturated heterocycles. The van der Waals surface area contributed by atoms with Gasteiger partial charge in [-0.2, -0.15) is 4.72 Å². The molecule has 8 nitrogen and oxygen atoms in total. The van der Waals surface area contributed by atoms with Crippen LogP contribution in [0.5, 0.6) is 0 Å². The van der Waals surface area contributed by atoms with Crippen LogP contribution < -0.4 is 20.3 Å². The van der Waals surface area contributed by atoms with E-state index in [4.69, 9.17) is 11.6 Å². The van der Waals surface area contributed by atoms with Gasteiger partial charge in [0.2, 0.25) is 21.8 Å². The van der Waals surface area contributed by atoms with E-state index in [1.165, 1.54) is 38.1 Å². The van der Waals surface area contributed by atoms with Crippen LogP contribution in [0.4, 0.5) is 11.4 Å². The zero-order valence-corrected chi connectivity index (χ0v) is 20.5. The highest BCUT2D eigenvalue weighted by Crippen LogP contribution is 2.29. The first kappa shape index (κ1) is 25.0. The number of benzene rings is 2. The SMILES string of the molecule is CC(=O)Nc1ccc(S(=O)(=O)N[C@@H](C)C(=O)NCC2CCN(c3cc(Cl)ccc3C)C2)cc1. The van der Waals surface area contributed by atoms with Gasteiger partial charge >= 0.3 is 0 Å². The fraction of sp³-hybridized carbons (Fsp3) is 0.391. The number of nitrogens with one attached hydrogen (secondary N) is 3. The van der Waals surface area contributed by atoms with Crippen LogP contribution in [0.3, 0.4) is 0 Å². The molecule has 3 rings (SSSR count). The molecule has 0 spiro atoms.